The lowest BCUT2D eigenvalue weighted by Crippen LogP contribution is -1.84. The van der Waals surface area contributed by atoms with E-state index in [1.165, 1.54) is 0 Å². The highest BCUT2D eigenvalue weighted by atomic mass is 16.5. The van der Waals surface area contributed by atoms with Crippen LogP contribution in [0.3, 0.4) is 0 Å². The zero-order valence-corrected chi connectivity index (χ0v) is 9.34. The van der Waals surface area contributed by atoms with E-state index in [4.69, 9.17) is 4.52 Å². The first kappa shape index (κ1) is 9.84. The number of aromatic amines is 1. The predicted octanol–water partition coefficient (Wildman–Crippen LogP) is 3.04. The smallest absolute Gasteiger partial charge is 0.274 e. The summed E-state index contributed by atoms with van der Waals surface area (Å²) in [6.45, 7) is 2.03. The average Bonchev–Trinajstić information content (AvgIpc) is 3.00. The van der Waals surface area contributed by atoms with Crippen LogP contribution in [0.1, 0.15) is 5.56 Å². The minimum Gasteiger partial charge on any atom is -0.357 e. The van der Waals surface area contributed by atoms with Crippen LogP contribution in [0.4, 0.5) is 0 Å². The molecule has 0 spiro atoms. The number of nitrogens with one attached hydrogen (secondary N) is 1. The van der Waals surface area contributed by atoms with Gasteiger partial charge in [-0.25, -0.2) is 0 Å². The SMILES string of the molecule is Cc1ccccc1-c1noc(-c2ccc[nH]2)n1. The quantitative estimate of drug-likeness (QED) is 0.729. The van der Waals surface area contributed by atoms with Crippen molar-refractivity contribution in [1.82, 2.24) is 15.1 Å². The highest BCUT2D eigenvalue weighted by Gasteiger charge is 2.11. The summed E-state index contributed by atoms with van der Waals surface area (Å²) in [7, 11) is 0. The maximum absolute atomic E-state index is 5.23. The third-order valence-electron chi connectivity index (χ3n) is 2.64. The third kappa shape index (κ3) is 1.73. The van der Waals surface area contributed by atoms with Gasteiger partial charge in [-0.15, -0.1) is 0 Å². The molecule has 3 aromatic rings. The van der Waals surface area contributed by atoms with Crippen molar-refractivity contribution in [2.45, 2.75) is 6.92 Å². The Balaban J connectivity index is 2.04. The van der Waals surface area contributed by atoms with Gasteiger partial charge >= 0.3 is 0 Å². The molecule has 0 saturated carbocycles. The van der Waals surface area contributed by atoms with Gasteiger partial charge in [0.25, 0.3) is 5.89 Å². The lowest BCUT2D eigenvalue weighted by Gasteiger charge is -1.97. The van der Waals surface area contributed by atoms with Crippen molar-refractivity contribution in [2.24, 2.45) is 0 Å². The van der Waals surface area contributed by atoms with E-state index in [2.05, 4.69) is 15.1 Å². The number of aryl methyl sites for hydroxylation is 1. The lowest BCUT2D eigenvalue weighted by molar-refractivity contribution is 0.431. The molecule has 4 nitrogen and oxygen atoms in total. The van der Waals surface area contributed by atoms with Crippen molar-refractivity contribution in [3.8, 4) is 23.0 Å². The first-order valence-electron chi connectivity index (χ1n) is 5.38. The van der Waals surface area contributed by atoms with Crippen LogP contribution < -0.4 is 0 Å². The Labute approximate surface area is 98.3 Å². The molecule has 2 heterocycles. The maximum Gasteiger partial charge on any atom is 0.274 e. The number of nitrogens with zero attached hydrogens (tertiary/aromatic N) is 2. The number of rotatable bonds is 2. The fourth-order valence-electron chi connectivity index (χ4n) is 1.73. The third-order valence-corrected chi connectivity index (χ3v) is 2.64. The van der Waals surface area contributed by atoms with Crippen molar-refractivity contribution in [1.29, 1.82) is 0 Å². The summed E-state index contributed by atoms with van der Waals surface area (Å²) in [6.07, 6.45) is 1.83. The monoisotopic (exact) mass is 225 g/mol. The normalized spacial score (nSPS) is 10.6. The Kier molecular flexibility index (Phi) is 2.26. The minimum atomic E-state index is 0.508. The molecule has 0 aliphatic rings. The van der Waals surface area contributed by atoms with E-state index in [1.54, 1.807) is 0 Å². The summed E-state index contributed by atoms with van der Waals surface area (Å²) < 4.78 is 5.23. The summed E-state index contributed by atoms with van der Waals surface area (Å²) in [4.78, 5) is 7.41. The van der Waals surface area contributed by atoms with Gasteiger partial charge in [0.15, 0.2) is 0 Å². The van der Waals surface area contributed by atoms with E-state index in [0.29, 0.717) is 11.7 Å². The van der Waals surface area contributed by atoms with Crippen LogP contribution in [-0.4, -0.2) is 15.1 Å². The molecule has 0 radical (unpaired) electrons. The second-order valence-electron chi connectivity index (χ2n) is 3.82. The Hall–Kier alpha value is -2.36. The van der Waals surface area contributed by atoms with E-state index < -0.39 is 0 Å². The van der Waals surface area contributed by atoms with Gasteiger partial charge in [-0.05, 0) is 24.6 Å². The number of hydrogen-bond acceptors (Lipinski definition) is 3. The lowest BCUT2D eigenvalue weighted by atomic mass is 10.1. The largest absolute Gasteiger partial charge is 0.357 e. The van der Waals surface area contributed by atoms with Crippen LogP contribution >= 0.6 is 0 Å². The Morgan fingerprint density at radius 3 is 2.76 bits per heavy atom. The van der Waals surface area contributed by atoms with Crippen LogP contribution in [0.25, 0.3) is 23.0 Å². The molecule has 0 bridgehead atoms. The minimum absolute atomic E-state index is 0.508. The molecular formula is C13H11N3O. The number of hydrogen-bond donors (Lipinski definition) is 1. The fraction of sp³-hybridized carbons (Fsp3) is 0.0769. The fourth-order valence-corrected chi connectivity index (χ4v) is 1.73. The topological polar surface area (TPSA) is 54.7 Å². The van der Waals surface area contributed by atoms with Gasteiger partial charge < -0.3 is 9.51 Å². The van der Waals surface area contributed by atoms with Crippen LogP contribution in [0, 0.1) is 6.92 Å². The van der Waals surface area contributed by atoms with Crippen LogP contribution in [0.5, 0.6) is 0 Å². The molecule has 3 rings (SSSR count). The summed E-state index contributed by atoms with van der Waals surface area (Å²) in [5.74, 6) is 1.13. The molecule has 2 aromatic heterocycles. The number of benzene rings is 1. The number of aromatic nitrogens is 3. The van der Waals surface area contributed by atoms with Gasteiger partial charge in [-0.2, -0.15) is 4.98 Å². The zero-order valence-electron chi connectivity index (χ0n) is 9.34. The Morgan fingerprint density at radius 1 is 1.12 bits per heavy atom. The average molecular weight is 225 g/mol. The first-order chi connectivity index (χ1) is 8.34. The Bertz CT molecular complexity index is 626. The molecular weight excluding hydrogens is 214 g/mol. The Morgan fingerprint density at radius 2 is 2.00 bits per heavy atom. The van der Waals surface area contributed by atoms with Crippen molar-refractivity contribution in [3.05, 3.63) is 48.2 Å². The van der Waals surface area contributed by atoms with Gasteiger partial charge in [-0.1, -0.05) is 29.4 Å². The van der Waals surface area contributed by atoms with Gasteiger partial charge in [0.1, 0.15) is 5.69 Å². The standard InChI is InChI=1S/C13H11N3O/c1-9-5-2-3-6-10(9)12-15-13(17-16-12)11-7-4-8-14-11/h2-8,14H,1H3. The van der Waals surface area contributed by atoms with E-state index in [0.717, 1.165) is 16.8 Å². The van der Waals surface area contributed by atoms with Crippen molar-refractivity contribution in [2.75, 3.05) is 0 Å². The number of H-pyrrole nitrogens is 1. The molecule has 0 unspecified atom stereocenters. The molecule has 1 N–H and O–H groups in total. The van der Waals surface area contributed by atoms with Crippen molar-refractivity contribution in [3.63, 3.8) is 0 Å². The van der Waals surface area contributed by atoms with E-state index in [9.17, 15) is 0 Å². The van der Waals surface area contributed by atoms with E-state index >= 15 is 0 Å². The van der Waals surface area contributed by atoms with Crippen LogP contribution in [-0.2, 0) is 0 Å². The molecule has 0 saturated heterocycles. The van der Waals surface area contributed by atoms with Gasteiger partial charge in [0.2, 0.25) is 5.82 Å². The van der Waals surface area contributed by atoms with Gasteiger partial charge in [-0.3, -0.25) is 0 Å². The second-order valence-corrected chi connectivity index (χ2v) is 3.82. The van der Waals surface area contributed by atoms with E-state index in [1.807, 2.05) is 49.5 Å². The predicted molar refractivity (Wildman–Crippen MR) is 64.3 cm³/mol. The van der Waals surface area contributed by atoms with Crippen LogP contribution in [0.2, 0.25) is 0 Å². The van der Waals surface area contributed by atoms with Crippen molar-refractivity contribution >= 4 is 0 Å². The summed E-state index contributed by atoms with van der Waals surface area (Å²) in [6, 6.07) is 11.8. The molecule has 0 fully saturated rings. The molecule has 0 atom stereocenters. The molecule has 0 amide bonds. The summed E-state index contributed by atoms with van der Waals surface area (Å²) >= 11 is 0. The molecule has 0 aliphatic carbocycles. The zero-order chi connectivity index (χ0) is 11.7. The molecule has 1 aromatic carbocycles. The van der Waals surface area contributed by atoms with Crippen molar-refractivity contribution < 1.29 is 4.52 Å². The highest BCUT2D eigenvalue weighted by Crippen LogP contribution is 2.23. The van der Waals surface area contributed by atoms with Crippen LogP contribution in [0.15, 0.2) is 47.1 Å². The molecule has 17 heavy (non-hydrogen) atoms. The van der Waals surface area contributed by atoms with Gasteiger partial charge in [0.05, 0.1) is 0 Å². The maximum atomic E-state index is 5.23. The summed E-state index contributed by atoms with van der Waals surface area (Å²) in [5, 5.41) is 4.00. The second kappa shape index (κ2) is 3.90. The first-order valence-corrected chi connectivity index (χ1v) is 5.38. The molecule has 0 aliphatic heterocycles. The molecule has 84 valence electrons. The molecule has 4 heteroatoms. The summed E-state index contributed by atoms with van der Waals surface area (Å²) in [5.41, 5.74) is 2.96. The van der Waals surface area contributed by atoms with E-state index in [-0.39, 0.29) is 0 Å². The van der Waals surface area contributed by atoms with Gasteiger partial charge in [0, 0.05) is 11.8 Å². The highest BCUT2D eigenvalue weighted by molar-refractivity contribution is 5.61.